The van der Waals surface area contributed by atoms with Crippen molar-refractivity contribution in [1.29, 1.82) is 0 Å². The minimum atomic E-state index is -0.359. The van der Waals surface area contributed by atoms with Crippen molar-refractivity contribution in [3.05, 3.63) is 78.4 Å². The lowest BCUT2D eigenvalue weighted by Gasteiger charge is -2.34. The molecule has 1 saturated heterocycles. The standard InChI is InChI=1S/C22H24N4O2/c27-21(14-17-4-2-1-3-5-17)18-10-12-25(13-11-18)22(28)19-6-8-20(9-7-19)26-15-23-24-16-26/h1-9,15-16,18,21,27H,10-14H2/t21-/m1/s1. The average molecular weight is 376 g/mol. The number of carbonyl (C=O) groups excluding carboxylic acids is 1. The molecule has 144 valence electrons. The number of benzene rings is 2. The SMILES string of the molecule is O=C(c1ccc(-n2cnnc2)cc1)N1CCC([C@H](O)Cc2ccccc2)CC1. The van der Waals surface area contributed by atoms with Gasteiger partial charge in [0.05, 0.1) is 6.10 Å². The van der Waals surface area contributed by atoms with Gasteiger partial charge in [-0.1, -0.05) is 30.3 Å². The number of piperidine rings is 1. The topological polar surface area (TPSA) is 71.2 Å². The van der Waals surface area contributed by atoms with Crippen molar-refractivity contribution in [3.63, 3.8) is 0 Å². The number of carbonyl (C=O) groups is 1. The zero-order chi connectivity index (χ0) is 19.3. The highest BCUT2D eigenvalue weighted by molar-refractivity contribution is 5.94. The van der Waals surface area contributed by atoms with Crippen LogP contribution in [0.25, 0.3) is 5.69 Å². The number of hydrogen-bond acceptors (Lipinski definition) is 4. The lowest BCUT2D eigenvalue weighted by Crippen LogP contribution is -2.41. The summed E-state index contributed by atoms with van der Waals surface area (Å²) in [5.41, 5.74) is 2.76. The molecule has 28 heavy (non-hydrogen) atoms. The number of hydrogen-bond donors (Lipinski definition) is 1. The van der Waals surface area contributed by atoms with Crippen LogP contribution in [0.3, 0.4) is 0 Å². The van der Waals surface area contributed by atoms with E-state index >= 15 is 0 Å². The second-order valence-corrected chi connectivity index (χ2v) is 7.30. The van der Waals surface area contributed by atoms with Crippen LogP contribution in [0.4, 0.5) is 0 Å². The second kappa shape index (κ2) is 8.35. The first-order chi connectivity index (χ1) is 13.7. The smallest absolute Gasteiger partial charge is 0.253 e. The van der Waals surface area contributed by atoms with Gasteiger partial charge < -0.3 is 10.0 Å². The van der Waals surface area contributed by atoms with Crippen LogP contribution in [0.1, 0.15) is 28.8 Å². The summed E-state index contributed by atoms with van der Waals surface area (Å²) in [6, 6.07) is 17.5. The van der Waals surface area contributed by atoms with E-state index in [1.165, 1.54) is 0 Å². The van der Waals surface area contributed by atoms with E-state index in [4.69, 9.17) is 0 Å². The maximum absolute atomic E-state index is 12.8. The van der Waals surface area contributed by atoms with Crippen molar-refractivity contribution < 1.29 is 9.90 Å². The van der Waals surface area contributed by atoms with Gasteiger partial charge in [-0.05, 0) is 55.0 Å². The molecule has 0 spiro atoms. The van der Waals surface area contributed by atoms with Crippen molar-refractivity contribution in [3.8, 4) is 5.69 Å². The fourth-order valence-electron chi connectivity index (χ4n) is 3.80. The van der Waals surface area contributed by atoms with Gasteiger partial charge in [-0.15, -0.1) is 10.2 Å². The molecule has 0 unspecified atom stereocenters. The Bertz CT molecular complexity index is 886. The van der Waals surface area contributed by atoms with Crippen molar-refractivity contribution in [2.75, 3.05) is 13.1 Å². The Kier molecular flexibility index (Phi) is 5.48. The number of aromatic nitrogens is 3. The minimum absolute atomic E-state index is 0.0475. The Morgan fingerprint density at radius 3 is 2.29 bits per heavy atom. The number of likely N-dealkylation sites (tertiary alicyclic amines) is 1. The number of aliphatic hydroxyl groups excluding tert-OH is 1. The maximum atomic E-state index is 12.8. The molecule has 1 N–H and O–H groups in total. The lowest BCUT2D eigenvalue weighted by atomic mass is 9.87. The van der Waals surface area contributed by atoms with Gasteiger partial charge in [0, 0.05) is 24.3 Å². The average Bonchev–Trinajstić information content (AvgIpc) is 3.29. The van der Waals surface area contributed by atoms with E-state index in [1.54, 1.807) is 17.2 Å². The zero-order valence-corrected chi connectivity index (χ0v) is 15.7. The first kappa shape index (κ1) is 18.4. The van der Waals surface area contributed by atoms with Crippen molar-refractivity contribution in [1.82, 2.24) is 19.7 Å². The molecule has 4 rings (SSSR count). The second-order valence-electron chi connectivity index (χ2n) is 7.30. The van der Waals surface area contributed by atoms with Crippen LogP contribution in [0.2, 0.25) is 0 Å². The molecule has 0 radical (unpaired) electrons. The molecule has 0 saturated carbocycles. The Hall–Kier alpha value is -2.99. The van der Waals surface area contributed by atoms with Gasteiger partial charge >= 0.3 is 0 Å². The van der Waals surface area contributed by atoms with E-state index in [1.807, 2.05) is 59.5 Å². The maximum Gasteiger partial charge on any atom is 0.253 e. The Labute approximate surface area is 164 Å². The van der Waals surface area contributed by atoms with E-state index in [0.717, 1.165) is 24.1 Å². The van der Waals surface area contributed by atoms with Gasteiger partial charge in [-0.2, -0.15) is 0 Å². The molecular weight excluding hydrogens is 352 g/mol. The van der Waals surface area contributed by atoms with Crippen LogP contribution in [-0.4, -0.2) is 49.9 Å². The molecule has 1 aliphatic rings. The summed E-state index contributed by atoms with van der Waals surface area (Å²) in [5.74, 6) is 0.284. The van der Waals surface area contributed by atoms with Crippen LogP contribution in [0.5, 0.6) is 0 Å². The van der Waals surface area contributed by atoms with Crippen molar-refractivity contribution >= 4 is 5.91 Å². The highest BCUT2D eigenvalue weighted by atomic mass is 16.3. The van der Waals surface area contributed by atoms with Crippen LogP contribution in [-0.2, 0) is 6.42 Å². The van der Waals surface area contributed by atoms with E-state index in [0.29, 0.717) is 25.1 Å². The molecule has 6 nitrogen and oxygen atoms in total. The fraction of sp³-hybridized carbons (Fsp3) is 0.318. The summed E-state index contributed by atoms with van der Waals surface area (Å²) in [7, 11) is 0. The van der Waals surface area contributed by atoms with Gasteiger partial charge in [-0.3, -0.25) is 9.36 Å². The molecule has 1 fully saturated rings. The summed E-state index contributed by atoms with van der Waals surface area (Å²) >= 11 is 0. The lowest BCUT2D eigenvalue weighted by molar-refractivity contribution is 0.0467. The van der Waals surface area contributed by atoms with Crippen LogP contribution >= 0.6 is 0 Å². The summed E-state index contributed by atoms with van der Waals surface area (Å²) in [6.07, 6.45) is 5.23. The normalized spacial score (nSPS) is 16.1. The molecule has 6 heteroatoms. The molecule has 2 heterocycles. The molecule has 1 atom stereocenters. The predicted molar refractivity (Wildman–Crippen MR) is 106 cm³/mol. The van der Waals surface area contributed by atoms with Crippen LogP contribution < -0.4 is 0 Å². The molecule has 0 bridgehead atoms. The van der Waals surface area contributed by atoms with Crippen molar-refractivity contribution in [2.45, 2.75) is 25.4 Å². The van der Waals surface area contributed by atoms with Gasteiger partial charge in [-0.25, -0.2) is 0 Å². The molecule has 1 amide bonds. The summed E-state index contributed by atoms with van der Waals surface area (Å²) in [4.78, 5) is 14.7. The first-order valence-electron chi connectivity index (χ1n) is 9.67. The van der Waals surface area contributed by atoms with E-state index in [9.17, 15) is 9.90 Å². The van der Waals surface area contributed by atoms with E-state index in [2.05, 4.69) is 10.2 Å². The Morgan fingerprint density at radius 2 is 1.64 bits per heavy atom. The third kappa shape index (κ3) is 4.12. The largest absolute Gasteiger partial charge is 0.392 e. The first-order valence-corrected chi connectivity index (χ1v) is 9.67. The molecule has 2 aromatic carbocycles. The molecule has 0 aliphatic carbocycles. The van der Waals surface area contributed by atoms with Crippen molar-refractivity contribution in [2.24, 2.45) is 5.92 Å². The number of amides is 1. The number of nitrogens with zero attached hydrogens (tertiary/aromatic N) is 4. The fourth-order valence-corrected chi connectivity index (χ4v) is 3.80. The highest BCUT2D eigenvalue weighted by Crippen LogP contribution is 2.24. The van der Waals surface area contributed by atoms with Gasteiger partial charge in [0.25, 0.3) is 5.91 Å². The van der Waals surface area contributed by atoms with Gasteiger partial charge in [0.2, 0.25) is 0 Å². The zero-order valence-electron chi connectivity index (χ0n) is 15.7. The third-order valence-electron chi connectivity index (χ3n) is 5.49. The molecular formula is C22H24N4O2. The Morgan fingerprint density at radius 1 is 1.00 bits per heavy atom. The number of aliphatic hydroxyl groups is 1. The van der Waals surface area contributed by atoms with E-state index in [-0.39, 0.29) is 17.9 Å². The Balaban J connectivity index is 1.32. The van der Waals surface area contributed by atoms with E-state index < -0.39 is 0 Å². The minimum Gasteiger partial charge on any atom is -0.392 e. The molecule has 1 aliphatic heterocycles. The third-order valence-corrected chi connectivity index (χ3v) is 5.49. The summed E-state index contributed by atoms with van der Waals surface area (Å²) in [6.45, 7) is 1.37. The van der Waals surface area contributed by atoms with Gasteiger partial charge in [0.1, 0.15) is 12.7 Å². The molecule has 3 aromatic rings. The number of rotatable bonds is 5. The predicted octanol–water partition coefficient (Wildman–Crippen LogP) is 2.72. The highest BCUT2D eigenvalue weighted by Gasteiger charge is 2.28. The monoisotopic (exact) mass is 376 g/mol. The quantitative estimate of drug-likeness (QED) is 0.743. The molecule has 1 aromatic heterocycles. The van der Waals surface area contributed by atoms with Crippen LogP contribution in [0, 0.1) is 5.92 Å². The summed E-state index contributed by atoms with van der Waals surface area (Å²) < 4.78 is 1.80. The van der Waals surface area contributed by atoms with Crippen LogP contribution in [0.15, 0.2) is 67.3 Å². The summed E-state index contributed by atoms with van der Waals surface area (Å²) in [5, 5.41) is 18.2. The van der Waals surface area contributed by atoms with Gasteiger partial charge in [0.15, 0.2) is 0 Å².